The summed E-state index contributed by atoms with van der Waals surface area (Å²) < 4.78 is 16.1. The monoisotopic (exact) mass is 473 g/mol. The lowest BCUT2D eigenvalue weighted by Gasteiger charge is -2.15. The lowest BCUT2D eigenvalue weighted by Crippen LogP contribution is -2.45. The predicted molar refractivity (Wildman–Crippen MR) is 133 cm³/mol. The summed E-state index contributed by atoms with van der Waals surface area (Å²) in [6, 6.07) is 19.6. The Morgan fingerprint density at radius 1 is 0.971 bits per heavy atom. The Labute approximate surface area is 203 Å². The molecule has 4 rings (SSSR count). The summed E-state index contributed by atoms with van der Waals surface area (Å²) in [6.45, 7) is 2.07. The summed E-state index contributed by atoms with van der Waals surface area (Å²) in [5.41, 5.74) is 2.94. The van der Waals surface area contributed by atoms with Crippen LogP contribution < -0.4 is 20.1 Å². The summed E-state index contributed by atoms with van der Waals surface area (Å²) in [5.74, 6) is 1.26. The van der Waals surface area contributed by atoms with E-state index in [1.54, 1.807) is 39.3 Å². The predicted octanol–water partition coefficient (Wildman–Crippen LogP) is 3.99. The Bertz CT molecular complexity index is 1330. The zero-order chi connectivity index (χ0) is 24.8. The molecule has 0 aliphatic heterocycles. The summed E-state index contributed by atoms with van der Waals surface area (Å²) >= 11 is 0. The molecule has 1 aromatic heterocycles. The lowest BCUT2D eigenvalue weighted by molar-refractivity contribution is -0.122. The third kappa shape index (κ3) is 5.43. The van der Waals surface area contributed by atoms with Crippen molar-refractivity contribution in [3.8, 4) is 22.8 Å². The van der Waals surface area contributed by atoms with Crippen LogP contribution in [0.1, 0.15) is 22.8 Å². The maximum absolute atomic E-state index is 12.8. The molecule has 0 spiro atoms. The smallest absolute Gasteiger partial charge is 0.251 e. The number of hydrogen-bond acceptors (Lipinski definition) is 6. The van der Waals surface area contributed by atoms with Crippen LogP contribution in [0.25, 0.3) is 22.2 Å². The normalized spacial score (nSPS) is 11.6. The Balaban J connectivity index is 1.36. The zero-order valence-corrected chi connectivity index (χ0v) is 19.8. The standard InChI is InChI=1S/C27H27N3O5/c1-17(26(31)28-14-13-18-9-12-23(33-2)24(15-18)34-3)29-27(32)20-10-11-22-21(16-20)25(35-30-22)19-7-5-4-6-8-19/h4-12,15-17H,13-14H2,1-3H3,(H,28,31)(H,29,32). The van der Waals surface area contributed by atoms with Crippen LogP contribution in [0.5, 0.6) is 11.5 Å². The molecule has 0 aliphatic rings. The number of benzene rings is 3. The molecule has 1 heterocycles. The van der Waals surface area contributed by atoms with Crippen molar-refractivity contribution >= 4 is 22.7 Å². The summed E-state index contributed by atoms with van der Waals surface area (Å²) in [7, 11) is 3.16. The highest BCUT2D eigenvalue weighted by Gasteiger charge is 2.18. The van der Waals surface area contributed by atoms with Gasteiger partial charge in [0.1, 0.15) is 11.6 Å². The second-order valence-electron chi connectivity index (χ2n) is 8.04. The number of ether oxygens (including phenoxy) is 2. The van der Waals surface area contributed by atoms with E-state index >= 15 is 0 Å². The van der Waals surface area contributed by atoms with E-state index in [1.165, 1.54) is 0 Å². The molecule has 0 saturated heterocycles. The summed E-state index contributed by atoms with van der Waals surface area (Å²) in [4.78, 5) is 25.4. The third-order valence-electron chi connectivity index (χ3n) is 5.68. The maximum atomic E-state index is 12.8. The van der Waals surface area contributed by atoms with Gasteiger partial charge in [-0.2, -0.15) is 0 Å². The van der Waals surface area contributed by atoms with Gasteiger partial charge in [0, 0.05) is 17.7 Å². The van der Waals surface area contributed by atoms with Crippen LogP contribution in [0.4, 0.5) is 0 Å². The Morgan fingerprint density at radius 3 is 2.49 bits per heavy atom. The van der Waals surface area contributed by atoms with Crippen molar-refractivity contribution in [2.45, 2.75) is 19.4 Å². The maximum Gasteiger partial charge on any atom is 0.251 e. The van der Waals surface area contributed by atoms with Crippen LogP contribution in [-0.4, -0.2) is 43.8 Å². The average molecular weight is 474 g/mol. The van der Waals surface area contributed by atoms with Gasteiger partial charge in [0.2, 0.25) is 5.91 Å². The number of fused-ring (bicyclic) bond motifs is 1. The zero-order valence-electron chi connectivity index (χ0n) is 19.8. The van der Waals surface area contributed by atoms with E-state index in [-0.39, 0.29) is 11.8 Å². The van der Waals surface area contributed by atoms with Crippen molar-refractivity contribution in [1.82, 2.24) is 15.8 Å². The van der Waals surface area contributed by atoms with Gasteiger partial charge in [0.15, 0.2) is 17.3 Å². The summed E-state index contributed by atoms with van der Waals surface area (Å²) in [6.07, 6.45) is 0.610. The van der Waals surface area contributed by atoms with Gasteiger partial charge in [-0.15, -0.1) is 0 Å². The molecule has 1 unspecified atom stereocenters. The van der Waals surface area contributed by atoms with Crippen LogP contribution in [0.15, 0.2) is 71.3 Å². The van der Waals surface area contributed by atoms with E-state index in [0.29, 0.717) is 41.3 Å². The van der Waals surface area contributed by atoms with Gasteiger partial charge in [-0.1, -0.05) is 41.6 Å². The molecule has 4 aromatic rings. The molecule has 8 heteroatoms. The molecule has 8 nitrogen and oxygen atoms in total. The van der Waals surface area contributed by atoms with E-state index in [4.69, 9.17) is 14.0 Å². The van der Waals surface area contributed by atoms with Crippen LogP contribution in [-0.2, 0) is 11.2 Å². The molecule has 0 aliphatic carbocycles. The molecule has 0 radical (unpaired) electrons. The minimum absolute atomic E-state index is 0.269. The first-order valence-corrected chi connectivity index (χ1v) is 11.2. The Morgan fingerprint density at radius 2 is 1.74 bits per heavy atom. The molecule has 0 bridgehead atoms. The fourth-order valence-electron chi connectivity index (χ4n) is 3.75. The van der Waals surface area contributed by atoms with Gasteiger partial charge >= 0.3 is 0 Å². The Kier molecular flexibility index (Phi) is 7.30. The van der Waals surface area contributed by atoms with Crippen LogP contribution in [0, 0.1) is 0 Å². The molecule has 0 fully saturated rings. The largest absolute Gasteiger partial charge is 0.493 e. The van der Waals surface area contributed by atoms with Crippen molar-refractivity contribution < 1.29 is 23.6 Å². The first kappa shape index (κ1) is 23.8. The van der Waals surface area contributed by atoms with Gasteiger partial charge in [0.05, 0.1) is 19.6 Å². The number of methoxy groups -OCH3 is 2. The fraction of sp³-hybridized carbons (Fsp3) is 0.222. The second kappa shape index (κ2) is 10.7. The van der Waals surface area contributed by atoms with Gasteiger partial charge in [-0.25, -0.2) is 0 Å². The first-order valence-electron chi connectivity index (χ1n) is 11.2. The molecule has 2 N–H and O–H groups in total. The third-order valence-corrected chi connectivity index (χ3v) is 5.68. The Hall–Kier alpha value is -4.33. The van der Waals surface area contributed by atoms with Crippen molar-refractivity contribution in [3.63, 3.8) is 0 Å². The van der Waals surface area contributed by atoms with Crippen LogP contribution in [0.2, 0.25) is 0 Å². The molecule has 3 aromatic carbocycles. The highest BCUT2D eigenvalue weighted by atomic mass is 16.5. The van der Waals surface area contributed by atoms with E-state index in [9.17, 15) is 9.59 Å². The quantitative estimate of drug-likeness (QED) is 0.381. The number of nitrogens with one attached hydrogen (secondary N) is 2. The fourth-order valence-corrected chi connectivity index (χ4v) is 3.75. The number of carbonyl (C=O) groups excluding carboxylic acids is 2. The van der Waals surface area contributed by atoms with Gasteiger partial charge in [0.25, 0.3) is 5.91 Å². The highest BCUT2D eigenvalue weighted by molar-refractivity contribution is 6.02. The molecular formula is C27H27N3O5. The minimum Gasteiger partial charge on any atom is -0.493 e. The molecule has 0 saturated carbocycles. The molecule has 180 valence electrons. The number of hydrogen-bond donors (Lipinski definition) is 2. The molecular weight excluding hydrogens is 446 g/mol. The number of carbonyl (C=O) groups is 2. The minimum atomic E-state index is -0.709. The summed E-state index contributed by atoms with van der Waals surface area (Å²) in [5, 5.41) is 10.4. The van der Waals surface area contributed by atoms with Crippen molar-refractivity contribution in [1.29, 1.82) is 0 Å². The van der Waals surface area contributed by atoms with Gasteiger partial charge in [-0.05, 0) is 49.2 Å². The molecule has 2 amide bonds. The van der Waals surface area contributed by atoms with Crippen LogP contribution >= 0.6 is 0 Å². The second-order valence-corrected chi connectivity index (χ2v) is 8.04. The van der Waals surface area contributed by atoms with Crippen molar-refractivity contribution in [2.75, 3.05) is 20.8 Å². The number of nitrogens with zero attached hydrogens (tertiary/aromatic N) is 1. The van der Waals surface area contributed by atoms with E-state index in [2.05, 4.69) is 15.8 Å². The van der Waals surface area contributed by atoms with Crippen molar-refractivity contribution in [3.05, 3.63) is 77.9 Å². The molecule has 1 atom stereocenters. The number of amides is 2. The van der Waals surface area contributed by atoms with E-state index in [0.717, 1.165) is 16.5 Å². The number of aromatic nitrogens is 1. The SMILES string of the molecule is COc1ccc(CCNC(=O)C(C)NC(=O)c2ccc3noc(-c4ccccc4)c3c2)cc1OC. The highest BCUT2D eigenvalue weighted by Crippen LogP contribution is 2.29. The van der Waals surface area contributed by atoms with E-state index < -0.39 is 6.04 Å². The first-order chi connectivity index (χ1) is 17.0. The van der Waals surface area contributed by atoms with Gasteiger partial charge < -0.3 is 24.6 Å². The van der Waals surface area contributed by atoms with Crippen LogP contribution in [0.3, 0.4) is 0 Å². The lowest BCUT2D eigenvalue weighted by atomic mass is 10.1. The van der Waals surface area contributed by atoms with Gasteiger partial charge in [-0.3, -0.25) is 9.59 Å². The van der Waals surface area contributed by atoms with Crippen molar-refractivity contribution in [2.24, 2.45) is 0 Å². The topological polar surface area (TPSA) is 103 Å². The van der Waals surface area contributed by atoms with E-state index in [1.807, 2.05) is 48.5 Å². The number of rotatable bonds is 9. The molecule has 35 heavy (non-hydrogen) atoms. The average Bonchev–Trinajstić information content (AvgIpc) is 3.32.